The third-order valence-electron chi connectivity index (χ3n) is 17.1. The second-order valence-corrected chi connectivity index (χ2v) is 26.4. The molecule has 1 heterocycles. The first-order valence-electron chi connectivity index (χ1n) is 35.0. The molecule has 108 heavy (non-hydrogen) atoms. The standard InChI is InChI=1S/C72H98N16O18S2/c1-40(90)59(69(103)84-53(35-44-21-10-5-11-22-44)67(101)88-60(41(2)91)70(104)85-55(38-89)68(102)86-56(39-108)71(105)106)87-63(97)49(25-14-15-30-73)79-66(100)54(36-45-37-77-47-24-13-12-23-46(45)47)83-65(99)52(34-43-19-8-4-9-20-43)82-64(98)51(33-42-17-6-3-7-18-42)81-62(96)50(27-28-58(93)94)80-61(95)48(78-57(92)29-32-107)26-16-31-76-72(74)75/h3-13,17-24,37,40-41,48-56,59-60,77,89-91,107-108H,14-16,25-36,38-39,73H2,1-2H3,(H,78,92)(H,79,100)(H,80,95)(H,81,96)(H,82,98)(H,83,99)(H,84,103)(H,85,104)(H,86,102)(H,87,97)(H,88,101)(H,93,94)(H,105,106)(H4,74,75,76)/t40-,41-,48+,49+,50+,51+,52+,53+,54-,55+,56+,59+,60+/m1/s1. The van der Waals surface area contributed by atoms with Crippen molar-refractivity contribution in [3.63, 3.8) is 0 Å². The number of hydrogen-bond donors (Lipinski definition) is 23. The Morgan fingerprint density at radius 1 is 0.454 bits per heavy atom. The van der Waals surface area contributed by atoms with Crippen LogP contribution in [-0.2, 0) is 88.0 Å². The minimum Gasteiger partial charge on any atom is -0.481 e. The molecule has 5 aromatic rings. The van der Waals surface area contributed by atoms with Crippen molar-refractivity contribution in [2.45, 2.75) is 170 Å². The van der Waals surface area contributed by atoms with Crippen LogP contribution in [0.1, 0.15) is 87.5 Å². The summed E-state index contributed by atoms with van der Waals surface area (Å²) >= 11 is 7.99. The molecule has 11 amide bonds. The Kier molecular flexibility index (Phi) is 37.3. The van der Waals surface area contributed by atoms with Gasteiger partial charge in [-0.15, -0.1) is 0 Å². The van der Waals surface area contributed by atoms with E-state index in [2.05, 4.69) is 94.0 Å². The summed E-state index contributed by atoms with van der Waals surface area (Å²) in [6, 6.07) is 14.0. The highest BCUT2D eigenvalue weighted by Gasteiger charge is 2.39. The van der Waals surface area contributed by atoms with Crippen LogP contribution in [-0.4, -0.2) is 223 Å². The number of aliphatic hydroxyl groups excluding tert-OH is 3. The zero-order chi connectivity index (χ0) is 79.4. The van der Waals surface area contributed by atoms with Crippen LogP contribution >= 0.6 is 25.3 Å². The third kappa shape index (κ3) is 29.6. The number of hydrogen-bond acceptors (Lipinski definition) is 20. The number of H-pyrrole nitrogens is 1. The molecule has 5 rings (SSSR count). The number of carbonyl (C=O) groups is 13. The van der Waals surface area contributed by atoms with Crippen molar-refractivity contribution in [1.82, 2.24) is 68.8 Å². The molecule has 36 heteroatoms. The number of aromatic amines is 1. The van der Waals surface area contributed by atoms with Crippen molar-refractivity contribution in [3.05, 3.63) is 144 Å². The minimum absolute atomic E-state index is 0.0213. The summed E-state index contributed by atoms with van der Waals surface area (Å²) in [5, 5.41) is 89.6. The summed E-state index contributed by atoms with van der Waals surface area (Å²) < 4.78 is 0. The molecule has 4 aromatic carbocycles. The molecule has 0 aliphatic rings. The molecular weight excluding hydrogens is 1440 g/mol. The lowest BCUT2D eigenvalue weighted by molar-refractivity contribution is -0.142. The van der Waals surface area contributed by atoms with Gasteiger partial charge in [0.1, 0.15) is 66.5 Å². The van der Waals surface area contributed by atoms with Gasteiger partial charge in [-0.1, -0.05) is 109 Å². The van der Waals surface area contributed by atoms with E-state index < -0.39 is 175 Å². The van der Waals surface area contributed by atoms with Gasteiger partial charge in [-0.05, 0) is 93.0 Å². The number of benzene rings is 4. The SMILES string of the molecule is C[C@@H](O)[C@H](NC(=O)[C@H](Cc1ccccc1)NC(=O)[C@@H](NC(=O)[C@H](CCCCN)NC(=O)[C@@H](Cc1c[nH]c2ccccc12)NC(=O)[C@H](Cc1ccccc1)NC(=O)[C@H](Cc1ccccc1)NC(=O)[C@H](CCC(=O)O)NC(=O)[C@H](CCCNC(=N)N)NC(=O)CCS)[C@@H](C)O)C(=O)N[C@@H](CO)C(=O)N[C@@H](CS)C(=O)O. The van der Waals surface area contributed by atoms with Crippen molar-refractivity contribution in [3.8, 4) is 0 Å². The molecule has 0 radical (unpaired) electrons. The molecule has 0 bridgehead atoms. The fourth-order valence-corrected chi connectivity index (χ4v) is 11.7. The lowest BCUT2D eigenvalue weighted by atomic mass is 10.00. The molecule has 0 spiro atoms. The third-order valence-corrected chi connectivity index (χ3v) is 17.6. The van der Waals surface area contributed by atoms with Crippen LogP contribution in [0.25, 0.3) is 10.9 Å². The van der Waals surface area contributed by atoms with Crippen LogP contribution in [0.2, 0.25) is 0 Å². The number of aromatic nitrogens is 1. The van der Waals surface area contributed by atoms with Gasteiger partial charge in [0.2, 0.25) is 65.0 Å². The zero-order valence-corrected chi connectivity index (χ0v) is 61.5. The Labute approximate surface area is 634 Å². The van der Waals surface area contributed by atoms with Crippen LogP contribution in [0, 0.1) is 5.41 Å². The maximum atomic E-state index is 15.3. The number of unbranched alkanes of at least 4 members (excludes halogenated alkanes) is 1. The molecular formula is C72H98N16O18S2. The average molecular weight is 1540 g/mol. The number of carboxylic acid groups (broad SMARTS) is 2. The highest BCUT2D eigenvalue weighted by Crippen LogP contribution is 2.21. The molecule has 0 saturated carbocycles. The van der Waals surface area contributed by atoms with Gasteiger partial charge in [-0.25, -0.2) is 4.79 Å². The van der Waals surface area contributed by atoms with Gasteiger partial charge in [0.25, 0.3) is 0 Å². The number of rotatable bonds is 47. The lowest BCUT2D eigenvalue weighted by Crippen LogP contribution is -2.63. The molecule has 0 saturated heterocycles. The number of thiol groups is 2. The highest BCUT2D eigenvalue weighted by atomic mass is 32.1. The van der Waals surface area contributed by atoms with Gasteiger partial charge < -0.3 is 106 Å². The van der Waals surface area contributed by atoms with E-state index in [1.807, 2.05) is 0 Å². The quantitative estimate of drug-likeness (QED) is 0.00805. The fourth-order valence-electron chi connectivity index (χ4n) is 11.2. The van der Waals surface area contributed by atoms with E-state index in [9.17, 15) is 73.5 Å². The van der Waals surface area contributed by atoms with Crippen LogP contribution < -0.4 is 75.3 Å². The molecule has 23 N–H and O–H groups in total. The highest BCUT2D eigenvalue weighted by molar-refractivity contribution is 7.80. The number of carbonyl (C=O) groups excluding carboxylic acids is 11. The van der Waals surface area contributed by atoms with Gasteiger partial charge in [0.15, 0.2) is 5.96 Å². The maximum Gasteiger partial charge on any atom is 0.327 e. The summed E-state index contributed by atoms with van der Waals surface area (Å²) in [5.41, 5.74) is 13.9. The van der Waals surface area contributed by atoms with Crippen molar-refractivity contribution >= 4 is 119 Å². The Balaban J connectivity index is 1.48. The Hall–Kier alpha value is -10.7. The van der Waals surface area contributed by atoms with Crippen LogP contribution in [0.5, 0.6) is 0 Å². The van der Waals surface area contributed by atoms with E-state index in [4.69, 9.17) is 16.9 Å². The molecule has 0 aliphatic heterocycles. The van der Waals surface area contributed by atoms with Gasteiger partial charge in [0.05, 0.1) is 18.8 Å². The molecule has 0 aliphatic carbocycles. The molecule has 34 nitrogen and oxygen atoms in total. The van der Waals surface area contributed by atoms with Gasteiger partial charge in [-0.3, -0.25) is 62.9 Å². The lowest BCUT2D eigenvalue weighted by Gasteiger charge is -2.29. The number of amides is 11. The van der Waals surface area contributed by atoms with Gasteiger partial charge in [0, 0.05) is 67.9 Å². The fraction of sp³-hybridized carbons (Fsp3) is 0.444. The molecule has 1 aromatic heterocycles. The topological polar surface area (TPSA) is 559 Å². The van der Waals surface area contributed by atoms with Crippen molar-refractivity contribution in [1.29, 1.82) is 5.41 Å². The van der Waals surface area contributed by atoms with Crippen molar-refractivity contribution in [2.24, 2.45) is 11.5 Å². The summed E-state index contributed by atoms with van der Waals surface area (Å²) in [6.07, 6.45) is -3.56. The Bertz CT molecular complexity index is 3840. The second-order valence-electron chi connectivity index (χ2n) is 25.6. The molecule has 0 fully saturated rings. The first kappa shape index (κ1) is 88.0. The van der Waals surface area contributed by atoms with E-state index in [-0.39, 0.29) is 88.3 Å². The average Bonchev–Trinajstić information content (AvgIpc) is 1.60. The van der Waals surface area contributed by atoms with Crippen molar-refractivity contribution in [2.75, 3.05) is 31.2 Å². The maximum absolute atomic E-state index is 15.3. The number of guanidine groups is 1. The number of nitrogens with two attached hydrogens (primary N) is 2. The van der Waals surface area contributed by atoms with Crippen molar-refractivity contribution < 1.29 is 87.9 Å². The minimum atomic E-state index is -1.90. The Morgan fingerprint density at radius 3 is 1.27 bits per heavy atom. The largest absolute Gasteiger partial charge is 0.481 e. The number of aliphatic carboxylic acids is 2. The number of aliphatic hydroxyl groups is 3. The van der Waals surface area contributed by atoms with E-state index in [0.717, 1.165) is 13.8 Å². The predicted molar refractivity (Wildman–Crippen MR) is 403 cm³/mol. The van der Waals surface area contributed by atoms with Crippen LogP contribution in [0.15, 0.2) is 121 Å². The number of carboxylic acids is 2. The molecule has 0 unspecified atom stereocenters. The van der Waals surface area contributed by atoms with Crippen LogP contribution in [0.3, 0.4) is 0 Å². The smallest absolute Gasteiger partial charge is 0.327 e. The number of para-hydroxylation sites is 1. The first-order chi connectivity index (χ1) is 51.5. The number of fused-ring (bicyclic) bond motifs is 1. The van der Waals surface area contributed by atoms with E-state index in [1.165, 1.54) is 0 Å². The summed E-state index contributed by atoms with van der Waals surface area (Å²) in [4.78, 5) is 184. The predicted octanol–water partition coefficient (Wildman–Crippen LogP) is -2.88. The summed E-state index contributed by atoms with van der Waals surface area (Å²) in [6.45, 7) is 1.47. The number of nitrogens with one attached hydrogen (secondary N) is 14. The summed E-state index contributed by atoms with van der Waals surface area (Å²) in [5.74, 6) is -14.4. The Morgan fingerprint density at radius 2 is 0.833 bits per heavy atom. The van der Waals surface area contributed by atoms with Gasteiger partial charge >= 0.3 is 11.9 Å². The van der Waals surface area contributed by atoms with Crippen LogP contribution in [0.4, 0.5) is 0 Å². The van der Waals surface area contributed by atoms with Gasteiger partial charge in [-0.2, -0.15) is 25.3 Å². The second kappa shape index (κ2) is 45.8. The molecule has 586 valence electrons. The first-order valence-corrected chi connectivity index (χ1v) is 36.2. The normalized spacial score (nSPS) is 14.7. The molecule has 13 atom stereocenters. The van der Waals surface area contributed by atoms with E-state index in [1.54, 1.807) is 121 Å². The van der Waals surface area contributed by atoms with E-state index >= 15 is 14.4 Å². The summed E-state index contributed by atoms with van der Waals surface area (Å²) in [7, 11) is 0. The zero-order valence-electron chi connectivity index (χ0n) is 59.7. The monoisotopic (exact) mass is 1540 g/mol. The van der Waals surface area contributed by atoms with E-state index in [0.29, 0.717) is 39.6 Å².